The fourth-order valence-corrected chi connectivity index (χ4v) is 4.44. The number of rotatable bonds is 7. The lowest BCUT2D eigenvalue weighted by molar-refractivity contribution is 0.601. The van der Waals surface area contributed by atoms with Crippen molar-refractivity contribution in [3.8, 4) is 0 Å². The first-order valence-electron chi connectivity index (χ1n) is 6.58. The van der Waals surface area contributed by atoms with Crippen LogP contribution in [0.15, 0.2) is 45.1 Å². The Labute approximate surface area is 137 Å². The molecule has 2 aromatic rings. The largest absolute Gasteiger partial charge is 0.312 e. The molecule has 0 fully saturated rings. The summed E-state index contributed by atoms with van der Waals surface area (Å²) in [6.07, 6.45) is 1.06. The molecule has 2 N–H and O–H groups in total. The van der Waals surface area contributed by atoms with Crippen LogP contribution in [-0.4, -0.2) is 15.0 Å². The number of anilines is 1. The smallest absolute Gasteiger partial charge is 0.262 e. The maximum Gasteiger partial charge on any atom is 0.262 e. The van der Waals surface area contributed by atoms with Gasteiger partial charge in [-0.3, -0.25) is 4.72 Å². The summed E-state index contributed by atoms with van der Waals surface area (Å²) in [6, 6.07) is 8.80. The standard InChI is InChI=1S/C14H17BrN2O2S2/c1-2-6-16-9-13-8-14(10-20-13)21(18,19)17-12-5-3-4-11(15)7-12/h3-5,7-8,10,16-17H,2,6,9H2,1H3. The van der Waals surface area contributed by atoms with Gasteiger partial charge in [0.05, 0.1) is 4.90 Å². The molecule has 0 spiro atoms. The van der Waals surface area contributed by atoms with Gasteiger partial charge in [-0.1, -0.05) is 28.9 Å². The molecule has 7 heteroatoms. The van der Waals surface area contributed by atoms with E-state index in [9.17, 15) is 8.42 Å². The van der Waals surface area contributed by atoms with Crippen LogP contribution in [0.4, 0.5) is 5.69 Å². The predicted molar refractivity (Wildman–Crippen MR) is 91.3 cm³/mol. The minimum atomic E-state index is -3.53. The highest BCUT2D eigenvalue weighted by Crippen LogP contribution is 2.23. The van der Waals surface area contributed by atoms with E-state index in [2.05, 4.69) is 32.9 Å². The molecule has 0 radical (unpaired) electrons. The van der Waals surface area contributed by atoms with Gasteiger partial charge in [-0.15, -0.1) is 11.3 Å². The van der Waals surface area contributed by atoms with Gasteiger partial charge >= 0.3 is 0 Å². The molecule has 0 amide bonds. The third-order valence-corrected chi connectivity index (χ3v) is 5.68. The summed E-state index contributed by atoms with van der Waals surface area (Å²) in [7, 11) is -3.53. The molecule has 21 heavy (non-hydrogen) atoms. The van der Waals surface area contributed by atoms with Crippen LogP contribution < -0.4 is 10.0 Å². The molecule has 1 aromatic heterocycles. The first kappa shape index (κ1) is 16.5. The van der Waals surface area contributed by atoms with Gasteiger partial charge in [-0.2, -0.15) is 0 Å². The van der Waals surface area contributed by atoms with Crippen molar-refractivity contribution in [3.05, 3.63) is 45.1 Å². The summed E-state index contributed by atoms with van der Waals surface area (Å²) in [5, 5.41) is 4.93. The Kier molecular flexibility index (Phi) is 5.80. The van der Waals surface area contributed by atoms with Gasteiger partial charge in [0.25, 0.3) is 10.0 Å². The Morgan fingerprint density at radius 2 is 2.10 bits per heavy atom. The lowest BCUT2D eigenvalue weighted by Gasteiger charge is -2.06. The summed E-state index contributed by atoms with van der Waals surface area (Å²) >= 11 is 4.77. The first-order valence-corrected chi connectivity index (χ1v) is 9.73. The normalized spacial score (nSPS) is 11.5. The molecule has 0 aliphatic heterocycles. The van der Waals surface area contributed by atoms with Crippen molar-refractivity contribution < 1.29 is 8.42 Å². The number of hydrogen-bond donors (Lipinski definition) is 2. The minimum Gasteiger partial charge on any atom is -0.312 e. The molecular formula is C14H17BrN2O2S2. The molecule has 0 aliphatic carbocycles. The van der Waals surface area contributed by atoms with Crippen molar-refractivity contribution in [1.29, 1.82) is 0 Å². The van der Waals surface area contributed by atoms with Gasteiger partial charge in [0.1, 0.15) is 0 Å². The molecule has 114 valence electrons. The second-order valence-corrected chi connectivity index (χ2v) is 8.14. The van der Waals surface area contributed by atoms with Crippen LogP contribution in [0.25, 0.3) is 0 Å². The topological polar surface area (TPSA) is 58.2 Å². The minimum absolute atomic E-state index is 0.306. The van der Waals surface area contributed by atoms with Crippen LogP contribution in [0.5, 0.6) is 0 Å². The van der Waals surface area contributed by atoms with Crippen LogP contribution in [-0.2, 0) is 16.6 Å². The van der Waals surface area contributed by atoms with E-state index in [-0.39, 0.29) is 0 Å². The van der Waals surface area contributed by atoms with Crippen molar-refractivity contribution in [2.75, 3.05) is 11.3 Å². The summed E-state index contributed by atoms with van der Waals surface area (Å²) in [5.41, 5.74) is 0.543. The average molecular weight is 389 g/mol. The number of sulfonamides is 1. The van der Waals surface area contributed by atoms with Crippen molar-refractivity contribution in [2.24, 2.45) is 0 Å². The van der Waals surface area contributed by atoms with Crippen LogP contribution in [0.3, 0.4) is 0 Å². The van der Waals surface area contributed by atoms with Gasteiger partial charge in [0, 0.05) is 27.0 Å². The zero-order valence-electron chi connectivity index (χ0n) is 11.6. The zero-order chi connectivity index (χ0) is 15.3. The molecule has 4 nitrogen and oxygen atoms in total. The maximum absolute atomic E-state index is 12.3. The lowest BCUT2D eigenvalue weighted by atomic mass is 10.3. The van der Waals surface area contributed by atoms with Crippen molar-refractivity contribution >= 4 is 43.0 Å². The molecule has 0 saturated heterocycles. The Morgan fingerprint density at radius 1 is 1.29 bits per heavy atom. The highest BCUT2D eigenvalue weighted by atomic mass is 79.9. The van der Waals surface area contributed by atoms with E-state index < -0.39 is 10.0 Å². The molecule has 0 unspecified atom stereocenters. The number of halogens is 1. The second-order valence-electron chi connectivity index (χ2n) is 4.54. The molecule has 1 heterocycles. The third kappa shape index (κ3) is 4.81. The van der Waals surface area contributed by atoms with Crippen molar-refractivity contribution in [1.82, 2.24) is 5.32 Å². The van der Waals surface area contributed by atoms with E-state index in [1.807, 2.05) is 6.07 Å². The Morgan fingerprint density at radius 3 is 2.81 bits per heavy atom. The van der Waals surface area contributed by atoms with Crippen molar-refractivity contribution in [2.45, 2.75) is 24.8 Å². The van der Waals surface area contributed by atoms with Crippen LogP contribution in [0.1, 0.15) is 18.2 Å². The SMILES string of the molecule is CCCNCc1cc(S(=O)(=O)Nc2cccc(Br)c2)cs1. The highest BCUT2D eigenvalue weighted by molar-refractivity contribution is 9.10. The van der Waals surface area contributed by atoms with Gasteiger partial charge in [-0.05, 0) is 37.2 Å². The van der Waals surface area contributed by atoms with E-state index in [1.54, 1.807) is 29.6 Å². The lowest BCUT2D eigenvalue weighted by Crippen LogP contribution is -2.13. The second kappa shape index (κ2) is 7.40. The van der Waals surface area contributed by atoms with Gasteiger partial charge in [-0.25, -0.2) is 8.42 Å². The molecular weight excluding hydrogens is 372 g/mol. The van der Waals surface area contributed by atoms with E-state index in [4.69, 9.17) is 0 Å². The molecule has 1 aromatic carbocycles. The van der Waals surface area contributed by atoms with Gasteiger partial charge in [0.2, 0.25) is 0 Å². The van der Waals surface area contributed by atoms with E-state index in [1.165, 1.54) is 11.3 Å². The molecule has 0 aliphatic rings. The molecule has 2 rings (SSSR count). The average Bonchev–Trinajstić information content (AvgIpc) is 2.88. The van der Waals surface area contributed by atoms with Gasteiger partial charge < -0.3 is 5.32 Å². The first-order chi connectivity index (χ1) is 10.0. The van der Waals surface area contributed by atoms with E-state index in [0.29, 0.717) is 17.1 Å². The zero-order valence-corrected chi connectivity index (χ0v) is 14.8. The summed E-state index contributed by atoms with van der Waals surface area (Å²) < 4.78 is 28.0. The van der Waals surface area contributed by atoms with Crippen LogP contribution in [0, 0.1) is 0 Å². The predicted octanol–water partition coefficient (Wildman–Crippen LogP) is 3.81. The number of nitrogens with one attached hydrogen (secondary N) is 2. The third-order valence-electron chi connectivity index (χ3n) is 2.74. The molecule has 0 bridgehead atoms. The Bertz CT molecular complexity index is 699. The van der Waals surface area contributed by atoms with Crippen LogP contribution in [0.2, 0.25) is 0 Å². The Hall–Kier alpha value is -0.890. The molecule has 0 saturated carbocycles. The summed E-state index contributed by atoms with van der Waals surface area (Å²) in [5.74, 6) is 0. The number of thiophene rings is 1. The van der Waals surface area contributed by atoms with Gasteiger partial charge in [0.15, 0.2) is 0 Å². The fraction of sp³-hybridized carbons (Fsp3) is 0.286. The van der Waals surface area contributed by atoms with Crippen molar-refractivity contribution in [3.63, 3.8) is 0 Å². The van der Waals surface area contributed by atoms with E-state index >= 15 is 0 Å². The van der Waals surface area contributed by atoms with E-state index in [0.717, 1.165) is 22.3 Å². The fourth-order valence-electron chi connectivity index (χ4n) is 1.75. The van der Waals surface area contributed by atoms with Crippen LogP contribution >= 0.6 is 27.3 Å². The number of hydrogen-bond acceptors (Lipinski definition) is 4. The summed E-state index contributed by atoms with van der Waals surface area (Å²) in [4.78, 5) is 1.32. The monoisotopic (exact) mass is 388 g/mol. The highest BCUT2D eigenvalue weighted by Gasteiger charge is 2.16. The number of benzene rings is 1. The Balaban J connectivity index is 2.09. The maximum atomic E-state index is 12.3. The molecule has 0 atom stereocenters. The quantitative estimate of drug-likeness (QED) is 0.708. The summed E-state index contributed by atoms with van der Waals surface area (Å²) in [6.45, 7) is 3.72.